The third-order valence-electron chi connectivity index (χ3n) is 6.66. The number of carbonyl (C=O) groups excluding carboxylic acids is 2. The Morgan fingerprint density at radius 2 is 1.55 bits per heavy atom. The summed E-state index contributed by atoms with van der Waals surface area (Å²) in [6.07, 6.45) is -1.08. The van der Waals surface area contributed by atoms with Crippen molar-refractivity contribution in [2.75, 3.05) is 6.61 Å². The number of esters is 1. The molecule has 0 radical (unpaired) electrons. The Balaban J connectivity index is 1.48. The molecule has 0 spiro atoms. The van der Waals surface area contributed by atoms with E-state index in [2.05, 4.69) is 5.32 Å². The van der Waals surface area contributed by atoms with Gasteiger partial charge in [-0.05, 0) is 46.7 Å². The molecule has 1 aliphatic carbocycles. The summed E-state index contributed by atoms with van der Waals surface area (Å²) >= 11 is 0. The summed E-state index contributed by atoms with van der Waals surface area (Å²) in [5, 5.41) is 11.9. The zero-order valence-corrected chi connectivity index (χ0v) is 21.1. The molecule has 1 amide bonds. The van der Waals surface area contributed by atoms with E-state index in [0.29, 0.717) is 6.42 Å². The predicted molar refractivity (Wildman–Crippen MR) is 139 cm³/mol. The van der Waals surface area contributed by atoms with Crippen molar-refractivity contribution < 1.29 is 33.4 Å². The molecule has 2 atom stereocenters. The Morgan fingerprint density at radius 1 is 0.947 bits per heavy atom. The van der Waals surface area contributed by atoms with Gasteiger partial charge in [0.1, 0.15) is 18.5 Å². The zero-order chi connectivity index (χ0) is 27.1. The number of hydrogen-bond donors (Lipinski definition) is 2. The molecule has 2 N–H and O–H groups in total. The van der Waals surface area contributed by atoms with Crippen molar-refractivity contribution in [3.05, 3.63) is 95.3 Å². The Labute approximate surface area is 220 Å². The summed E-state index contributed by atoms with van der Waals surface area (Å²) in [5.41, 5.74) is 4.39. The SMILES string of the molecule is CCCCC(OC(=O)C(Cc1ccccc1F)NC(=O)OCC1c2ccccc2-c2ccccc21)C(=O)O. The number of hydrogen-bond acceptors (Lipinski definition) is 5. The minimum atomic E-state index is -1.37. The van der Waals surface area contributed by atoms with E-state index in [1.54, 1.807) is 6.07 Å². The molecule has 3 aromatic rings. The lowest BCUT2D eigenvalue weighted by atomic mass is 9.98. The lowest BCUT2D eigenvalue weighted by Gasteiger charge is -2.21. The molecule has 0 saturated carbocycles. The summed E-state index contributed by atoms with van der Waals surface area (Å²) < 4.78 is 25.1. The van der Waals surface area contributed by atoms with E-state index < -0.39 is 36.0 Å². The maximum Gasteiger partial charge on any atom is 0.407 e. The second kappa shape index (κ2) is 12.4. The molecule has 0 fully saturated rings. The number of carbonyl (C=O) groups is 3. The van der Waals surface area contributed by atoms with Crippen LogP contribution >= 0.6 is 0 Å². The second-order valence-corrected chi connectivity index (χ2v) is 9.22. The van der Waals surface area contributed by atoms with Crippen LogP contribution in [0.5, 0.6) is 0 Å². The largest absolute Gasteiger partial charge is 0.479 e. The van der Waals surface area contributed by atoms with E-state index in [4.69, 9.17) is 9.47 Å². The van der Waals surface area contributed by atoms with Crippen molar-refractivity contribution in [1.29, 1.82) is 0 Å². The van der Waals surface area contributed by atoms with Crippen LogP contribution in [0.3, 0.4) is 0 Å². The van der Waals surface area contributed by atoms with Crippen LogP contribution in [0, 0.1) is 5.82 Å². The highest BCUT2D eigenvalue weighted by Gasteiger charge is 2.32. The fraction of sp³-hybridized carbons (Fsp3) is 0.300. The summed E-state index contributed by atoms with van der Waals surface area (Å²) in [6, 6.07) is 20.3. The maximum absolute atomic E-state index is 14.4. The van der Waals surface area contributed by atoms with E-state index >= 15 is 0 Å². The van der Waals surface area contributed by atoms with Crippen molar-refractivity contribution in [1.82, 2.24) is 5.32 Å². The Bertz CT molecular complexity index is 1260. The number of benzene rings is 3. The number of unbranched alkanes of at least 4 members (excludes halogenated alkanes) is 1. The first-order valence-corrected chi connectivity index (χ1v) is 12.7. The molecule has 38 heavy (non-hydrogen) atoms. The van der Waals surface area contributed by atoms with Gasteiger partial charge in [0.05, 0.1) is 0 Å². The quantitative estimate of drug-likeness (QED) is 0.326. The summed E-state index contributed by atoms with van der Waals surface area (Å²) in [6.45, 7) is 1.91. The first-order valence-electron chi connectivity index (χ1n) is 12.7. The topological polar surface area (TPSA) is 102 Å². The lowest BCUT2D eigenvalue weighted by molar-refractivity contribution is -0.165. The maximum atomic E-state index is 14.4. The Morgan fingerprint density at radius 3 is 2.16 bits per heavy atom. The average molecular weight is 520 g/mol. The predicted octanol–water partition coefficient (Wildman–Crippen LogP) is 5.46. The van der Waals surface area contributed by atoms with Gasteiger partial charge in [0.2, 0.25) is 0 Å². The average Bonchev–Trinajstić information content (AvgIpc) is 3.24. The van der Waals surface area contributed by atoms with E-state index in [0.717, 1.165) is 28.7 Å². The third-order valence-corrected chi connectivity index (χ3v) is 6.66. The minimum Gasteiger partial charge on any atom is -0.479 e. The van der Waals surface area contributed by atoms with E-state index in [1.807, 2.05) is 55.5 Å². The minimum absolute atomic E-state index is 0.0234. The highest BCUT2D eigenvalue weighted by Crippen LogP contribution is 2.44. The van der Waals surface area contributed by atoms with Gasteiger partial charge in [0.15, 0.2) is 6.10 Å². The van der Waals surface area contributed by atoms with Crippen LogP contribution in [0.4, 0.5) is 9.18 Å². The standard InChI is InChI=1S/C30H30FNO6/c1-2-3-16-27(28(33)34)38-29(35)26(17-19-10-4-9-15-25(19)31)32-30(36)37-18-24-22-13-7-5-11-20(22)21-12-6-8-14-23(21)24/h4-15,24,26-27H,2-3,16-18H2,1H3,(H,32,36)(H,33,34). The molecular weight excluding hydrogens is 489 g/mol. The normalized spacial score (nSPS) is 13.6. The van der Waals surface area contributed by atoms with Gasteiger partial charge in [0.25, 0.3) is 0 Å². The van der Waals surface area contributed by atoms with Gasteiger partial charge < -0.3 is 19.9 Å². The number of aliphatic carboxylic acids is 1. The van der Waals surface area contributed by atoms with Crippen molar-refractivity contribution in [2.24, 2.45) is 0 Å². The first kappa shape index (κ1) is 26.9. The van der Waals surface area contributed by atoms with Gasteiger partial charge in [0, 0.05) is 12.3 Å². The van der Waals surface area contributed by atoms with Crippen LogP contribution in [0.25, 0.3) is 11.1 Å². The van der Waals surface area contributed by atoms with Gasteiger partial charge in [-0.25, -0.2) is 18.8 Å². The smallest absolute Gasteiger partial charge is 0.407 e. The zero-order valence-electron chi connectivity index (χ0n) is 21.1. The summed E-state index contributed by atoms with van der Waals surface area (Å²) in [5.74, 6) is -2.99. The van der Waals surface area contributed by atoms with Crippen molar-refractivity contribution in [2.45, 2.75) is 50.7 Å². The van der Waals surface area contributed by atoms with Gasteiger partial charge >= 0.3 is 18.0 Å². The fourth-order valence-electron chi connectivity index (χ4n) is 4.70. The number of alkyl carbamates (subject to hydrolysis) is 1. The van der Waals surface area contributed by atoms with Crippen LogP contribution in [0.15, 0.2) is 72.8 Å². The molecule has 7 nitrogen and oxygen atoms in total. The highest BCUT2D eigenvalue weighted by molar-refractivity contribution is 5.84. The number of halogens is 1. The fourth-order valence-corrected chi connectivity index (χ4v) is 4.70. The van der Waals surface area contributed by atoms with Gasteiger partial charge in [-0.15, -0.1) is 0 Å². The molecule has 0 saturated heterocycles. The molecule has 0 aromatic heterocycles. The van der Waals surface area contributed by atoms with Crippen molar-refractivity contribution in [3.8, 4) is 11.1 Å². The van der Waals surface area contributed by atoms with Crippen LogP contribution < -0.4 is 5.32 Å². The highest BCUT2D eigenvalue weighted by atomic mass is 19.1. The van der Waals surface area contributed by atoms with Crippen molar-refractivity contribution in [3.63, 3.8) is 0 Å². The molecule has 198 valence electrons. The second-order valence-electron chi connectivity index (χ2n) is 9.22. The van der Waals surface area contributed by atoms with Gasteiger partial charge in [-0.3, -0.25) is 0 Å². The molecule has 1 aliphatic rings. The molecule has 3 aromatic carbocycles. The monoisotopic (exact) mass is 519 g/mol. The number of nitrogens with one attached hydrogen (secondary N) is 1. The molecule has 0 bridgehead atoms. The van der Waals surface area contributed by atoms with E-state index in [1.165, 1.54) is 18.2 Å². The number of fused-ring (bicyclic) bond motifs is 3. The summed E-state index contributed by atoms with van der Waals surface area (Å²) in [7, 11) is 0. The molecule has 0 heterocycles. The van der Waals surface area contributed by atoms with Crippen LogP contribution in [-0.2, 0) is 25.5 Å². The van der Waals surface area contributed by atoms with E-state index in [-0.39, 0.29) is 30.9 Å². The van der Waals surface area contributed by atoms with Crippen LogP contribution in [-0.4, -0.2) is 41.9 Å². The molecule has 0 aliphatic heterocycles. The Hall–Kier alpha value is -4.20. The molecular formula is C30H30FNO6. The number of amides is 1. The number of carboxylic acids is 1. The summed E-state index contributed by atoms with van der Waals surface area (Å²) in [4.78, 5) is 37.4. The molecule has 4 rings (SSSR count). The number of ether oxygens (including phenoxy) is 2. The molecule has 2 unspecified atom stereocenters. The van der Waals surface area contributed by atoms with Crippen molar-refractivity contribution >= 4 is 18.0 Å². The lowest BCUT2D eigenvalue weighted by Crippen LogP contribution is -2.46. The molecule has 8 heteroatoms. The van der Waals surface area contributed by atoms with Gasteiger partial charge in [-0.1, -0.05) is 80.1 Å². The Kier molecular flexibility index (Phi) is 8.73. The third kappa shape index (κ3) is 6.19. The van der Waals surface area contributed by atoms with Crippen LogP contribution in [0.2, 0.25) is 0 Å². The number of rotatable bonds is 11. The first-order chi connectivity index (χ1) is 18.4. The number of carboxylic acid groups (broad SMARTS) is 1. The van der Waals surface area contributed by atoms with Crippen LogP contribution in [0.1, 0.15) is 48.8 Å². The van der Waals surface area contributed by atoms with Gasteiger partial charge in [-0.2, -0.15) is 0 Å². The van der Waals surface area contributed by atoms with E-state index in [9.17, 15) is 23.9 Å².